The van der Waals surface area contributed by atoms with Crippen LogP contribution in [-0.4, -0.2) is 25.0 Å². The van der Waals surface area contributed by atoms with E-state index in [4.69, 9.17) is 34.8 Å². The molecule has 0 aliphatic carbocycles. The van der Waals surface area contributed by atoms with Crippen LogP contribution in [0, 0.1) is 0 Å². The van der Waals surface area contributed by atoms with E-state index in [9.17, 15) is 4.79 Å². The molecule has 0 aliphatic heterocycles. The van der Waals surface area contributed by atoms with Crippen molar-refractivity contribution in [2.75, 3.05) is 24.3 Å². The fourth-order valence-corrected chi connectivity index (χ4v) is 2.17. The van der Waals surface area contributed by atoms with E-state index in [-0.39, 0.29) is 11.1 Å². The van der Waals surface area contributed by atoms with Crippen molar-refractivity contribution in [1.29, 1.82) is 0 Å². The summed E-state index contributed by atoms with van der Waals surface area (Å²) < 4.78 is 0. The normalized spacial score (nSPS) is 10.3. The minimum Gasteiger partial charge on any atom is -0.363 e. The molecule has 110 valence electrons. The first-order chi connectivity index (χ1) is 9.86. The summed E-state index contributed by atoms with van der Waals surface area (Å²) in [5, 5.41) is 3.83. The predicted octanol–water partition coefficient (Wildman–Crippen LogP) is 4.36. The van der Waals surface area contributed by atoms with Gasteiger partial charge in [-0.1, -0.05) is 34.8 Å². The molecule has 0 fully saturated rings. The maximum Gasteiger partial charge on any atom is 0.255 e. The van der Waals surface area contributed by atoms with Crippen molar-refractivity contribution in [2.45, 2.75) is 0 Å². The molecule has 0 unspecified atom stereocenters. The first-order valence-electron chi connectivity index (χ1n) is 5.98. The second kappa shape index (κ2) is 6.52. The third-order valence-electron chi connectivity index (χ3n) is 2.68. The summed E-state index contributed by atoms with van der Waals surface area (Å²) in [6.07, 6.45) is 0. The van der Waals surface area contributed by atoms with Crippen LogP contribution < -0.4 is 10.2 Å². The van der Waals surface area contributed by atoms with Gasteiger partial charge in [0.25, 0.3) is 5.91 Å². The minimum atomic E-state index is -0.341. The smallest absolute Gasteiger partial charge is 0.255 e. The van der Waals surface area contributed by atoms with Crippen molar-refractivity contribution in [1.82, 2.24) is 4.98 Å². The van der Waals surface area contributed by atoms with Crippen LogP contribution in [0.4, 0.5) is 11.5 Å². The molecule has 0 aliphatic rings. The van der Waals surface area contributed by atoms with E-state index in [0.29, 0.717) is 27.1 Å². The third-order valence-corrected chi connectivity index (χ3v) is 3.44. The van der Waals surface area contributed by atoms with E-state index in [1.165, 1.54) is 6.07 Å². The van der Waals surface area contributed by atoms with Crippen LogP contribution in [0.2, 0.25) is 15.2 Å². The summed E-state index contributed by atoms with van der Waals surface area (Å²) in [6, 6.07) is 7.97. The van der Waals surface area contributed by atoms with Crippen LogP contribution in [0.15, 0.2) is 30.3 Å². The SMILES string of the molecule is CN(C)c1cc(C(=O)Nc2cc(Cl)ccc2Cl)cc(Cl)n1. The molecule has 21 heavy (non-hydrogen) atoms. The molecule has 0 spiro atoms. The summed E-state index contributed by atoms with van der Waals surface area (Å²) in [5.74, 6) is 0.247. The van der Waals surface area contributed by atoms with Gasteiger partial charge in [-0.2, -0.15) is 0 Å². The van der Waals surface area contributed by atoms with E-state index in [1.807, 2.05) is 14.1 Å². The van der Waals surface area contributed by atoms with Crippen LogP contribution >= 0.6 is 34.8 Å². The van der Waals surface area contributed by atoms with Gasteiger partial charge in [-0.15, -0.1) is 0 Å². The maximum absolute atomic E-state index is 12.3. The number of hydrogen-bond acceptors (Lipinski definition) is 3. The molecule has 0 saturated carbocycles. The second-order valence-electron chi connectivity index (χ2n) is 4.51. The quantitative estimate of drug-likeness (QED) is 0.841. The first kappa shape index (κ1) is 15.9. The lowest BCUT2D eigenvalue weighted by molar-refractivity contribution is 0.102. The standard InChI is InChI=1S/C14H12Cl3N3O/c1-20(2)13-6-8(5-12(17)19-13)14(21)18-11-7-9(15)3-4-10(11)16/h3-7H,1-2H3,(H,18,21). The highest BCUT2D eigenvalue weighted by Crippen LogP contribution is 2.26. The Balaban J connectivity index is 2.30. The lowest BCUT2D eigenvalue weighted by Crippen LogP contribution is -2.15. The van der Waals surface area contributed by atoms with Gasteiger partial charge in [0.1, 0.15) is 11.0 Å². The molecule has 0 atom stereocenters. The Kier molecular flexibility index (Phi) is 4.93. The number of pyridine rings is 1. The fourth-order valence-electron chi connectivity index (χ4n) is 1.63. The molecule has 1 aromatic heterocycles. The third kappa shape index (κ3) is 4.00. The van der Waals surface area contributed by atoms with E-state index in [2.05, 4.69) is 10.3 Å². The van der Waals surface area contributed by atoms with Gasteiger partial charge in [0.2, 0.25) is 0 Å². The van der Waals surface area contributed by atoms with E-state index >= 15 is 0 Å². The highest BCUT2D eigenvalue weighted by molar-refractivity contribution is 6.36. The summed E-state index contributed by atoms with van der Waals surface area (Å²) >= 11 is 17.8. The lowest BCUT2D eigenvalue weighted by atomic mass is 10.2. The van der Waals surface area contributed by atoms with Crippen LogP contribution in [0.5, 0.6) is 0 Å². The van der Waals surface area contributed by atoms with Crippen molar-refractivity contribution in [3.63, 3.8) is 0 Å². The number of rotatable bonds is 3. The molecule has 2 aromatic rings. The average Bonchev–Trinajstić information content (AvgIpc) is 2.42. The number of carbonyl (C=O) groups excluding carboxylic acids is 1. The largest absolute Gasteiger partial charge is 0.363 e. The van der Waals surface area contributed by atoms with Gasteiger partial charge in [0, 0.05) is 24.7 Å². The molecule has 1 aromatic carbocycles. The first-order valence-corrected chi connectivity index (χ1v) is 7.11. The zero-order valence-corrected chi connectivity index (χ0v) is 13.6. The molecule has 4 nitrogen and oxygen atoms in total. The molecule has 7 heteroatoms. The highest BCUT2D eigenvalue weighted by Gasteiger charge is 2.12. The number of anilines is 2. The lowest BCUT2D eigenvalue weighted by Gasteiger charge is -2.13. The Morgan fingerprint density at radius 2 is 1.86 bits per heavy atom. The molecule has 0 bridgehead atoms. The summed E-state index contributed by atoms with van der Waals surface area (Å²) in [7, 11) is 3.63. The Morgan fingerprint density at radius 1 is 1.14 bits per heavy atom. The van der Waals surface area contributed by atoms with Gasteiger partial charge in [0.05, 0.1) is 10.7 Å². The molecule has 0 radical (unpaired) electrons. The number of nitrogens with zero attached hydrogens (tertiary/aromatic N) is 2. The van der Waals surface area contributed by atoms with Crippen molar-refractivity contribution in [3.05, 3.63) is 51.1 Å². The Hall–Kier alpha value is -1.49. The molecular formula is C14H12Cl3N3O. The van der Waals surface area contributed by atoms with Crippen LogP contribution in [-0.2, 0) is 0 Å². The fraction of sp³-hybridized carbons (Fsp3) is 0.143. The Morgan fingerprint density at radius 3 is 2.52 bits per heavy atom. The number of benzene rings is 1. The minimum absolute atomic E-state index is 0.239. The van der Waals surface area contributed by atoms with Crippen LogP contribution in [0.1, 0.15) is 10.4 Å². The van der Waals surface area contributed by atoms with Crippen molar-refractivity contribution in [3.8, 4) is 0 Å². The van der Waals surface area contributed by atoms with Gasteiger partial charge in [-0.25, -0.2) is 4.98 Å². The van der Waals surface area contributed by atoms with Crippen molar-refractivity contribution < 1.29 is 4.79 Å². The zero-order chi connectivity index (χ0) is 15.6. The van der Waals surface area contributed by atoms with Gasteiger partial charge in [-0.3, -0.25) is 4.79 Å². The molecule has 0 saturated heterocycles. The predicted molar refractivity (Wildman–Crippen MR) is 88.0 cm³/mol. The van der Waals surface area contributed by atoms with Crippen molar-refractivity contribution in [2.24, 2.45) is 0 Å². The molecule has 2 rings (SSSR count). The Labute approximate surface area is 137 Å². The molecule has 1 N–H and O–H groups in total. The van der Waals surface area contributed by atoms with Crippen LogP contribution in [0.3, 0.4) is 0 Å². The molecular weight excluding hydrogens is 333 g/mol. The second-order valence-corrected chi connectivity index (χ2v) is 5.74. The van der Waals surface area contributed by atoms with Gasteiger partial charge >= 0.3 is 0 Å². The Bertz CT molecular complexity index is 689. The molecule has 1 heterocycles. The maximum atomic E-state index is 12.3. The summed E-state index contributed by atoms with van der Waals surface area (Å²) in [5.41, 5.74) is 0.822. The van der Waals surface area contributed by atoms with E-state index < -0.39 is 0 Å². The van der Waals surface area contributed by atoms with Crippen LogP contribution in [0.25, 0.3) is 0 Å². The van der Waals surface area contributed by atoms with Gasteiger partial charge < -0.3 is 10.2 Å². The monoisotopic (exact) mass is 343 g/mol. The topological polar surface area (TPSA) is 45.2 Å². The average molecular weight is 345 g/mol. The van der Waals surface area contributed by atoms with Crippen molar-refractivity contribution >= 4 is 52.2 Å². The van der Waals surface area contributed by atoms with E-state index in [1.54, 1.807) is 29.2 Å². The van der Waals surface area contributed by atoms with Gasteiger partial charge in [0.15, 0.2) is 0 Å². The number of carbonyl (C=O) groups is 1. The zero-order valence-electron chi connectivity index (χ0n) is 11.3. The number of hydrogen-bond donors (Lipinski definition) is 1. The highest BCUT2D eigenvalue weighted by atomic mass is 35.5. The van der Waals surface area contributed by atoms with Gasteiger partial charge in [-0.05, 0) is 30.3 Å². The van der Waals surface area contributed by atoms with E-state index in [0.717, 1.165) is 0 Å². The number of halogens is 3. The molecule has 1 amide bonds. The number of aromatic nitrogens is 1. The number of amides is 1. The summed E-state index contributed by atoms with van der Waals surface area (Å²) in [6.45, 7) is 0. The summed E-state index contributed by atoms with van der Waals surface area (Å²) in [4.78, 5) is 18.2. The number of nitrogens with one attached hydrogen (secondary N) is 1.